The number of nitriles is 2. The SMILES string of the molecule is N#Cc1ccc(C(=O)C(C#N)C(=O)Nc2ccc(C(F)(F)F)c([N+](=O)[O-])c2)cc1. The molecule has 2 aromatic rings. The van der Waals surface area contributed by atoms with Gasteiger partial charge >= 0.3 is 6.18 Å². The van der Waals surface area contributed by atoms with Crippen LogP contribution in [-0.2, 0) is 11.0 Å². The van der Waals surface area contributed by atoms with E-state index in [0.29, 0.717) is 12.1 Å². The van der Waals surface area contributed by atoms with Gasteiger partial charge in [-0.25, -0.2) is 0 Å². The zero-order valence-electron chi connectivity index (χ0n) is 14.2. The summed E-state index contributed by atoms with van der Waals surface area (Å²) < 4.78 is 38.5. The molecule has 1 N–H and O–H groups in total. The molecule has 1 amide bonds. The maximum atomic E-state index is 12.8. The fourth-order valence-corrected chi connectivity index (χ4v) is 2.33. The number of nitrogens with one attached hydrogen (secondary N) is 1. The van der Waals surface area contributed by atoms with Gasteiger partial charge in [-0.2, -0.15) is 23.7 Å². The molecule has 2 aromatic carbocycles. The van der Waals surface area contributed by atoms with Gasteiger partial charge in [0.1, 0.15) is 5.56 Å². The molecule has 8 nitrogen and oxygen atoms in total. The highest BCUT2D eigenvalue weighted by Crippen LogP contribution is 2.37. The number of carbonyl (C=O) groups excluding carboxylic acids is 2. The molecule has 11 heteroatoms. The number of carbonyl (C=O) groups is 2. The normalized spacial score (nSPS) is 11.6. The molecule has 0 fully saturated rings. The smallest absolute Gasteiger partial charge is 0.324 e. The lowest BCUT2D eigenvalue weighted by Crippen LogP contribution is -2.28. The first-order valence-corrected chi connectivity index (χ1v) is 7.69. The van der Waals surface area contributed by atoms with Crippen molar-refractivity contribution in [3.8, 4) is 12.1 Å². The number of nitro benzene ring substituents is 1. The van der Waals surface area contributed by atoms with E-state index < -0.39 is 40.0 Å². The lowest BCUT2D eigenvalue weighted by atomic mass is 9.97. The number of nitro groups is 1. The predicted molar refractivity (Wildman–Crippen MR) is 91.3 cm³/mol. The third-order valence-electron chi connectivity index (χ3n) is 3.72. The lowest BCUT2D eigenvalue weighted by molar-refractivity contribution is -0.388. The van der Waals surface area contributed by atoms with Crippen LogP contribution in [0.25, 0.3) is 0 Å². The van der Waals surface area contributed by atoms with Crippen LogP contribution in [0.15, 0.2) is 42.5 Å². The minimum Gasteiger partial charge on any atom is -0.324 e. The van der Waals surface area contributed by atoms with Crippen molar-refractivity contribution < 1.29 is 27.7 Å². The van der Waals surface area contributed by atoms with Crippen LogP contribution in [-0.4, -0.2) is 16.6 Å². The average molecular weight is 402 g/mol. The van der Waals surface area contributed by atoms with Gasteiger partial charge in [-0.05, 0) is 24.3 Å². The zero-order valence-corrected chi connectivity index (χ0v) is 14.2. The van der Waals surface area contributed by atoms with Crippen molar-refractivity contribution in [1.82, 2.24) is 0 Å². The summed E-state index contributed by atoms with van der Waals surface area (Å²) in [5.41, 5.74) is -2.98. The Hall–Kier alpha value is -4.25. The number of rotatable bonds is 5. The largest absolute Gasteiger partial charge is 0.423 e. The number of nitrogens with zero attached hydrogens (tertiary/aromatic N) is 3. The molecule has 0 aromatic heterocycles. The van der Waals surface area contributed by atoms with Crippen LogP contribution in [0, 0.1) is 38.7 Å². The third kappa shape index (κ3) is 4.73. The van der Waals surface area contributed by atoms with E-state index in [2.05, 4.69) is 0 Å². The Balaban J connectivity index is 2.28. The summed E-state index contributed by atoms with van der Waals surface area (Å²) in [5, 5.41) is 30.8. The number of halogens is 3. The molecule has 146 valence electrons. The minimum absolute atomic E-state index is 0.0379. The number of benzene rings is 2. The van der Waals surface area contributed by atoms with Gasteiger partial charge < -0.3 is 5.32 Å². The topological polar surface area (TPSA) is 137 Å². The van der Waals surface area contributed by atoms with Gasteiger partial charge in [-0.3, -0.25) is 19.7 Å². The summed E-state index contributed by atoms with van der Waals surface area (Å²) in [6.45, 7) is 0. The number of Topliss-reactive ketones (excluding diaryl/α,β-unsaturated/α-hetero) is 1. The maximum Gasteiger partial charge on any atom is 0.423 e. The number of alkyl halides is 3. The van der Waals surface area contributed by atoms with Crippen LogP contribution in [0.4, 0.5) is 24.5 Å². The van der Waals surface area contributed by atoms with Crippen LogP contribution in [0.3, 0.4) is 0 Å². The number of amides is 1. The molecule has 1 unspecified atom stereocenters. The van der Waals surface area contributed by atoms with Crippen molar-refractivity contribution in [3.05, 3.63) is 69.3 Å². The summed E-state index contributed by atoms with van der Waals surface area (Å²) in [5.74, 6) is -3.93. The first kappa shape index (κ1) is 21.1. The highest BCUT2D eigenvalue weighted by atomic mass is 19.4. The molecule has 0 bridgehead atoms. The molecule has 0 heterocycles. The molecule has 0 aliphatic rings. The van der Waals surface area contributed by atoms with Crippen molar-refractivity contribution in [3.63, 3.8) is 0 Å². The molecular weight excluding hydrogens is 393 g/mol. The van der Waals surface area contributed by atoms with Crippen molar-refractivity contribution in [2.45, 2.75) is 6.18 Å². The molecular formula is C18H9F3N4O4. The Morgan fingerprint density at radius 3 is 2.21 bits per heavy atom. The van der Waals surface area contributed by atoms with Crippen LogP contribution in [0.1, 0.15) is 21.5 Å². The Labute approximate surface area is 160 Å². The Morgan fingerprint density at radius 1 is 1.10 bits per heavy atom. The molecule has 0 aliphatic heterocycles. The van der Waals surface area contributed by atoms with E-state index in [9.17, 15) is 32.9 Å². The van der Waals surface area contributed by atoms with Gasteiger partial charge in [0.2, 0.25) is 5.91 Å². The summed E-state index contributed by atoms with van der Waals surface area (Å²) >= 11 is 0. The van der Waals surface area contributed by atoms with E-state index >= 15 is 0 Å². The summed E-state index contributed by atoms with van der Waals surface area (Å²) in [7, 11) is 0. The molecule has 0 saturated heterocycles. The summed E-state index contributed by atoms with van der Waals surface area (Å²) in [6.07, 6.45) is -4.98. The predicted octanol–water partition coefficient (Wildman–Crippen LogP) is 3.45. The van der Waals surface area contributed by atoms with Crippen molar-refractivity contribution in [1.29, 1.82) is 10.5 Å². The van der Waals surface area contributed by atoms with Crippen LogP contribution in [0.2, 0.25) is 0 Å². The quantitative estimate of drug-likeness (QED) is 0.352. The number of hydrogen-bond donors (Lipinski definition) is 1. The highest BCUT2D eigenvalue weighted by molar-refractivity contribution is 6.15. The monoisotopic (exact) mass is 402 g/mol. The molecule has 0 radical (unpaired) electrons. The summed E-state index contributed by atoms with van der Waals surface area (Å²) in [6, 6.07) is 10.1. The molecule has 0 spiro atoms. The lowest BCUT2D eigenvalue weighted by Gasteiger charge is -2.12. The molecule has 0 aliphatic carbocycles. The van der Waals surface area contributed by atoms with Crippen LogP contribution >= 0.6 is 0 Å². The second kappa shape index (κ2) is 8.19. The highest BCUT2D eigenvalue weighted by Gasteiger charge is 2.38. The van der Waals surface area contributed by atoms with Gasteiger partial charge in [-0.15, -0.1) is 0 Å². The molecule has 1 atom stereocenters. The van der Waals surface area contributed by atoms with E-state index in [1.54, 1.807) is 0 Å². The van der Waals surface area contributed by atoms with Gasteiger partial charge in [-0.1, -0.05) is 12.1 Å². The average Bonchev–Trinajstić information content (AvgIpc) is 2.67. The third-order valence-corrected chi connectivity index (χ3v) is 3.72. The molecule has 0 saturated carbocycles. The van der Waals surface area contributed by atoms with Crippen molar-refractivity contribution in [2.75, 3.05) is 5.32 Å². The maximum absolute atomic E-state index is 12.8. The van der Waals surface area contributed by atoms with E-state index in [0.717, 1.165) is 6.07 Å². The Morgan fingerprint density at radius 2 is 1.72 bits per heavy atom. The van der Waals surface area contributed by atoms with Gasteiger partial charge in [0.05, 0.1) is 22.6 Å². The van der Waals surface area contributed by atoms with E-state index in [1.807, 2.05) is 11.4 Å². The van der Waals surface area contributed by atoms with E-state index in [1.165, 1.54) is 30.3 Å². The van der Waals surface area contributed by atoms with Crippen LogP contribution < -0.4 is 5.32 Å². The second-order valence-electron chi connectivity index (χ2n) is 5.59. The fraction of sp³-hybridized carbons (Fsp3) is 0.111. The van der Waals surface area contributed by atoms with Crippen molar-refractivity contribution >= 4 is 23.1 Å². The molecule has 29 heavy (non-hydrogen) atoms. The van der Waals surface area contributed by atoms with E-state index in [-0.39, 0.29) is 16.8 Å². The first-order valence-electron chi connectivity index (χ1n) is 7.69. The number of ketones is 1. The van der Waals surface area contributed by atoms with Gasteiger partial charge in [0.15, 0.2) is 11.7 Å². The Bertz CT molecular complexity index is 1070. The van der Waals surface area contributed by atoms with Crippen LogP contribution in [0.5, 0.6) is 0 Å². The van der Waals surface area contributed by atoms with Gasteiger partial charge in [0.25, 0.3) is 5.69 Å². The summed E-state index contributed by atoms with van der Waals surface area (Å²) in [4.78, 5) is 34.2. The minimum atomic E-state index is -4.98. The molecule has 2 rings (SSSR count). The van der Waals surface area contributed by atoms with E-state index in [4.69, 9.17) is 10.5 Å². The first-order chi connectivity index (χ1) is 13.6. The zero-order chi connectivity index (χ0) is 21.8. The van der Waals surface area contributed by atoms with Crippen molar-refractivity contribution in [2.24, 2.45) is 5.92 Å². The number of hydrogen-bond acceptors (Lipinski definition) is 6. The second-order valence-corrected chi connectivity index (χ2v) is 5.59. The van der Waals surface area contributed by atoms with Gasteiger partial charge in [0, 0.05) is 17.3 Å². The Kier molecular flexibility index (Phi) is 5.94. The number of anilines is 1. The standard InChI is InChI=1S/C18H9F3N4O4/c19-18(20,21)14-6-5-12(7-15(14)25(28)29)24-17(27)13(9-23)16(26)11-3-1-10(8-22)2-4-11/h1-7,13H,(H,24,27). The fourth-order valence-electron chi connectivity index (χ4n) is 2.33.